The fraction of sp³-hybridized carbons (Fsp3) is 0.280. The molecule has 3 rings (SSSR count). The lowest BCUT2D eigenvalue weighted by Gasteiger charge is -2.22. The van der Waals surface area contributed by atoms with Gasteiger partial charge in [-0.1, -0.05) is 54.1 Å². The molecule has 180 valence electrons. The van der Waals surface area contributed by atoms with Crippen LogP contribution in [0.2, 0.25) is 5.02 Å². The minimum atomic E-state index is -0.699. The van der Waals surface area contributed by atoms with Crippen LogP contribution in [0.4, 0.5) is 0 Å². The number of carbonyl (C=O) groups excluding carboxylic acids is 1. The molecule has 0 spiro atoms. The first kappa shape index (κ1) is 25.5. The SMILES string of the molecule is COC(Cn1cc(CO)c(=O)c(OCc2ccccc2)c1C(=O)NCc1cccc(Cl)c1)OC. The van der Waals surface area contributed by atoms with Crippen molar-refractivity contribution in [3.05, 3.63) is 98.4 Å². The van der Waals surface area contributed by atoms with Crippen LogP contribution < -0.4 is 15.5 Å². The maximum absolute atomic E-state index is 13.3. The second-order valence-corrected chi connectivity index (χ2v) is 7.90. The van der Waals surface area contributed by atoms with Crippen LogP contribution in [-0.4, -0.2) is 36.1 Å². The fourth-order valence-corrected chi connectivity index (χ4v) is 3.58. The highest BCUT2D eigenvalue weighted by atomic mass is 35.5. The Morgan fingerprint density at radius 1 is 1.09 bits per heavy atom. The molecule has 0 saturated carbocycles. The Labute approximate surface area is 202 Å². The first-order valence-electron chi connectivity index (χ1n) is 10.6. The summed E-state index contributed by atoms with van der Waals surface area (Å²) in [6.07, 6.45) is 0.715. The number of hydrogen-bond donors (Lipinski definition) is 2. The predicted octanol–water partition coefficient (Wildman–Crippen LogP) is 3.12. The van der Waals surface area contributed by atoms with Gasteiger partial charge in [0.05, 0.1) is 13.2 Å². The lowest BCUT2D eigenvalue weighted by molar-refractivity contribution is -0.111. The summed E-state index contributed by atoms with van der Waals surface area (Å²) in [5.74, 6) is -0.694. The molecule has 2 aromatic carbocycles. The lowest BCUT2D eigenvalue weighted by Crippen LogP contribution is -2.33. The van der Waals surface area contributed by atoms with E-state index in [0.29, 0.717) is 5.02 Å². The van der Waals surface area contributed by atoms with E-state index >= 15 is 0 Å². The minimum Gasteiger partial charge on any atom is -0.483 e. The van der Waals surface area contributed by atoms with Gasteiger partial charge in [-0.05, 0) is 23.3 Å². The number of hydrogen-bond acceptors (Lipinski definition) is 6. The molecule has 0 aliphatic heterocycles. The molecule has 34 heavy (non-hydrogen) atoms. The van der Waals surface area contributed by atoms with Crippen molar-refractivity contribution in [3.63, 3.8) is 0 Å². The Balaban J connectivity index is 2.01. The van der Waals surface area contributed by atoms with Crippen molar-refractivity contribution in [2.75, 3.05) is 14.2 Å². The normalized spacial score (nSPS) is 11.0. The number of aromatic nitrogens is 1. The van der Waals surface area contributed by atoms with Crippen LogP contribution in [0.15, 0.2) is 65.6 Å². The Hall–Kier alpha value is -3.17. The lowest BCUT2D eigenvalue weighted by atomic mass is 10.2. The van der Waals surface area contributed by atoms with Gasteiger partial charge in [0.1, 0.15) is 6.61 Å². The highest BCUT2D eigenvalue weighted by molar-refractivity contribution is 6.30. The topological polar surface area (TPSA) is 99.0 Å². The van der Waals surface area contributed by atoms with Crippen molar-refractivity contribution in [1.29, 1.82) is 0 Å². The van der Waals surface area contributed by atoms with Gasteiger partial charge in [-0.15, -0.1) is 0 Å². The molecule has 0 bridgehead atoms. The van der Waals surface area contributed by atoms with Crippen molar-refractivity contribution in [1.82, 2.24) is 9.88 Å². The summed E-state index contributed by atoms with van der Waals surface area (Å²) in [5, 5.41) is 13.1. The number of methoxy groups -OCH3 is 2. The summed E-state index contributed by atoms with van der Waals surface area (Å²) in [6, 6.07) is 16.3. The van der Waals surface area contributed by atoms with E-state index in [-0.39, 0.29) is 36.7 Å². The second kappa shape index (κ2) is 12.3. The summed E-state index contributed by atoms with van der Waals surface area (Å²) in [5.41, 5.74) is 1.13. The molecule has 0 aliphatic rings. The molecule has 1 heterocycles. The molecule has 1 aromatic heterocycles. The van der Waals surface area contributed by atoms with Gasteiger partial charge in [0.25, 0.3) is 5.91 Å². The van der Waals surface area contributed by atoms with Crippen molar-refractivity contribution in [2.24, 2.45) is 0 Å². The number of halogens is 1. The predicted molar refractivity (Wildman–Crippen MR) is 128 cm³/mol. The van der Waals surface area contributed by atoms with Gasteiger partial charge in [-0.25, -0.2) is 0 Å². The maximum Gasteiger partial charge on any atom is 0.272 e. The number of amides is 1. The third kappa shape index (κ3) is 6.45. The summed E-state index contributed by atoms with van der Waals surface area (Å²) in [6.45, 7) is -0.180. The summed E-state index contributed by atoms with van der Waals surface area (Å²) < 4.78 is 17.9. The number of pyridine rings is 1. The molecule has 2 N–H and O–H groups in total. The molecule has 0 fully saturated rings. The van der Waals surface area contributed by atoms with Crippen LogP contribution in [0, 0.1) is 0 Å². The molecule has 9 heteroatoms. The van der Waals surface area contributed by atoms with Crippen molar-refractivity contribution >= 4 is 17.5 Å². The van der Waals surface area contributed by atoms with Crippen molar-refractivity contribution in [2.45, 2.75) is 32.6 Å². The average Bonchev–Trinajstić information content (AvgIpc) is 2.86. The number of rotatable bonds is 11. The van der Waals surface area contributed by atoms with Gasteiger partial charge in [0, 0.05) is 37.5 Å². The first-order valence-corrected chi connectivity index (χ1v) is 11.0. The number of ether oxygens (including phenoxy) is 3. The third-order valence-corrected chi connectivity index (χ3v) is 5.37. The molecule has 0 atom stereocenters. The quantitative estimate of drug-likeness (QED) is 0.404. The standard InChI is InChI=1S/C25H27ClN2O6/c1-32-21(33-2)14-28-13-19(15-29)23(30)24(34-16-17-7-4-3-5-8-17)22(28)25(31)27-12-18-9-6-10-20(26)11-18/h3-11,13,21,29H,12,14-16H2,1-2H3,(H,27,31). The smallest absolute Gasteiger partial charge is 0.272 e. The van der Waals surface area contributed by atoms with Crippen LogP contribution in [-0.2, 0) is 35.8 Å². The van der Waals surface area contributed by atoms with Gasteiger partial charge in [0.15, 0.2) is 17.7 Å². The highest BCUT2D eigenvalue weighted by Crippen LogP contribution is 2.19. The van der Waals surface area contributed by atoms with Crippen LogP contribution in [0.3, 0.4) is 0 Å². The highest BCUT2D eigenvalue weighted by Gasteiger charge is 2.24. The van der Waals surface area contributed by atoms with E-state index in [1.54, 1.807) is 18.2 Å². The number of nitrogens with zero attached hydrogens (tertiary/aromatic N) is 1. The Kier molecular flexibility index (Phi) is 9.24. The second-order valence-electron chi connectivity index (χ2n) is 7.46. The Morgan fingerprint density at radius 3 is 2.44 bits per heavy atom. The van der Waals surface area contributed by atoms with E-state index in [1.807, 2.05) is 36.4 Å². The molecule has 3 aromatic rings. The van der Waals surface area contributed by atoms with E-state index in [1.165, 1.54) is 25.0 Å². The van der Waals surface area contributed by atoms with Crippen LogP contribution in [0.1, 0.15) is 27.2 Å². The first-order chi connectivity index (χ1) is 16.5. The molecule has 8 nitrogen and oxygen atoms in total. The van der Waals surface area contributed by atoms with Gasteiger partial charge in [-0.3, -0.25) is 9.59 Å². The van der Waals surface area contributed by atoms with Gasteiger partial charge in [0.2, 0.25) is 5.43 Å². The molecule has 0 unspecified atom stereocenters. The summed E-state index contributed by atoms with van der Waals surface area (Å²) in [7, 11) is 2.94. The zero-order chi connectivity index (χ0) is 24.5. The largest absolute Gasteiger partial charge is 0.483 e. The molecule has 0 saturated heterocycles. The fourth-order valence-electron chi connectivity index (χ4n) is 3.37. The van der Waals surface area contributed by atoms with Gasteiger partial charge < -0.3 is 29.2 Å². The zero-order valence-electron chi connectivity index (χ0n) is 19.0. The van der Waals surface area contributed by atoms with E-state index in [4.69, 9.17) is 25.8 Å². The van der Waals surface area contributed by atoms with Crippen LogP contribution in [0.25, 0.3) is 0 Å². The number of aliphatic hydroxyl groups is 1. The monoisotopic (exact) mass is 486 g/mol. The van der Waals surface area contributed by atoms with Crippen molar-refractivity contribution < 1.29 is 24.1 Å². The van der Waals surface area contributed by atoms with E-state index in [2.05, 4.69) is 5.32 Å². The third-order valence-electron chi connectivity index (χ3n) is 5.14. The van der Waals surface area contributed by atoms with Crippen LogP contribution >= 0.6 is 11.6 Å². The molecule has 0 radical (unpaired) electrons. The van der Waals surface area contributed by atoms with E-state index < -0.39 is 24.2 Å². The van der Waals surface area contributed by atoms with Gasteiger partial charge >= 0.3 is 0 Å². The summed E-state index contributed by atoms with van der Waals surface area (Å²) in [4.78, 5) is 26.4. The van der Waals surface area contributed by atoms with E-state index in [9.17, 15) is 14.7 Å². The molecule has 0 aliphatic carbocycles. The maximum atomic E-state index is 13.3. The summed E-state index contributed by atoms with van der Waals surface area (Å²) >= 11 is 6.04. The zero-order valence-corrected chi connectivity index (χ0v) is 19.7. The minimum absolute atomic E-state index is 0.000686. The number of carbonyl (C=O) groups is 1. The number of aliphatic hydroxyl groups excluding tert-OH is 1. The van der Waals surface area contributed by atoms with Crippen molar-refractivity contribution in [3.8, 4) is 5.75 Å². The molecular formula is C25H27ClN2O6. The van der Waals surface area contributed by atoms with Gasteiger partial charge in [-0.2, -0.15) is 0 Å². The number of nitrogens with one attached hydrogen (secondary N) is 1. The van der Waals surface area contributed by atoms with E-state index in [0.717, 1.165) is 11.1 Å². The Morgan fingerprint density at radius 2 is 1.79 bits per heavy atom. The Bertz CT molecular complexity index is 1160. The number of benzene rings is 2. The van der Waals surface area contributed by atoms with Crippen LogP contribution in [0.5, 0.6) is 5.75 Å². The molecule has 1 amide bonds. The molecular weight excluding hydrogens is 460 g/mol. The average molecular weight is 487 g/mol.